The minimum atomic E-state index is 0. The Morgan fingerprint density at radius 1 is 1.36 bits per heavy atom. The molecule has 0 bridgehead atoms. The Bertz CT molecular complexity index is 96.3. The van der Waals surface area contributed by atoms with Crippen LogP contribution in [-0.4, -0.2) is 25.3 Å². The highest BCUT2D eigenvalue weighted by molar-refractivity contribution is 4.77. The minimum absolute atomic E-state index is 0. The van der Waals surface area contributed by atoms with E-state index in [-0.39, 0.29) is 29.6 Å². The zero-order valence-electron chi connectivity index (χ0n) is 7.40. The molecule has 0 aliphatic carbocycles. The molecule has 2 N–H and O–H groups in total. The van der Waals surface area contributed by atoms with Crippen molar-refractivity contribution in [3.8, 4) is 0 Å². The van der Waals surface area contributed by atoms with Crippen molar-refractivity contribution in [1.82, 2.24) is 0 Å². The van der Waals surface area contributed by atoms with Gasteiger partial charge in [-0.3, -0.25) is 0 Å². The molecule has 1 fully saturated rings. The molecule has 1 heterocycles. The van der Waals surface area contributed by atoms with E-state index in [0.29, 0.717) is 0 Å². The number of hydrogen-bond acceptors (Lipinski definition) is 1. The van der Waals surface area contributed by atoms with Crippen molar-refractivity contribution in [1.29, 1.82) is 0 Å². The number of quaternary nitrogens is 1. The predicted octanol–water partition coefficient (Wildman–Crippen LogP) is -2.86. The van der Waals surface area contributed by atoms with Crippen LogP contribution in [0.2, 0.25) is 0 Å². The van der Waals surface area contributed by atoms with Crippen LogP contribution < -0.4 is 29.3 Å². The first kappa shape index (κ1) is 11.6. The molecule has 0 aromatic carbocycles. The summed E-state index contributed by atoms with van der Waals surface area (Å²) in [5, 5.41) is 2.36. The lowest BCUT2D eigenvalue weighted by molar-refractivity contribution is -0.686. The lowest BCUT2D eigenvalue weighted by atomic mass is 9.96. The maximum Gasteiger partial charge on any atom is 0.116 e. The van der Waals surface area contributed by atoms with Crippen LogP contribution in [-0.2, 0) is 4.74 Å². The average molecular weight is 271 g/mol. The molecule has 11 heavy (non-hydrogen) atoms. The van der Waals surface area contributed by atoms with Gasteiger partial charge in [-0.25, -0.2) is 0 Å². The second-order valence-corrected chi connectivity index (χ2v) is 3.02. The molecule has 68 valence electrons. The summed E-state index contributed by atoms with van der Waals surface area (Å²) in [6.07, 6.45) is 2.31. The Morgan fingerprint density at radius 3 is 2.27 bits per heavy atom. The SMILES string of the molecule is CCC1(CC)C[NH2+]CCO1.[I-]. The second kappa shape index (κ2) is 5.32. The first-order chi connectivity index (χ1) is 4.83. The fourth-order valence-corrected chi connectivity index (χ4v) is 1.53. The van der Waals surface area contributed by atoms with Crippen molar-refractivity contribution in [2.75, 3.05) is 19.7 Å². The number of morpholine rings is 1. The zero-order valence-corrected chi connectivity index (χ0v) is 9.56. The summed E-state index contributed by atoms with van der Waals surface area (Å²) >= 11 is 0. The third-order valence-corrected chi connectivity index (χ3v) is 2.54. The van der Waals surface area contributed by atoms with Crippen molar-refractivity contribution >= 4 is 0 Å². The van der Waals surface area contributed by atoms with Crippen molar-refractivity contribution < 1.29 is 34.0 Å². The summed E-state index contributed by atoms with van der Waals surface area (Å²) < 4.78 is 5.73. The van der Waals surface area contributed by atoms with Crippen molar-refractivity contribution in [3.05, 3.63) is 0 Å². The smallest absolute Gasteiger partial charge is 0.116 e. The van der Waals surface area contributed by atoms with Gasteiger partial charge in [-0.15, -0.1) is 0 Å². The summed E-state index contributed by atoms with van der Waals surface area (Å²) in [5.41, 5.74) is 0.207. The van der Waals surface area contributed by atoms with Crippen molar-refractivity contribution in [2.45, 2.75) is 32.3 Å². The van der Waals surface area contributed by atoms with Crippen LogP contribution in [0.1, 0.15) is 26.7 Å². The number of hydrogen-bond donors (Lipinski definition) is 1. The third kappa shape index (κ3) is 2.87. The number of nitrogens with two attached hydrogens (primary N) is 1. The highest BCUT2D eigenvalue weighted by Crippen LogP contribution is 2.18. The first-order valence-corrected chi connectivity index (χ1v) is 4.28. The predicted molar refractivity (Wildman–Crippen MR) is 40.9 cm³/mol. The van der Waals surface area contributed by atoms with Crippen LogP contribution in [0.5, 0.6) is 0 Å². The molecular weight excluding hydrogens is 253 g/mol. The van der Waals surface area contributed by atoms with E-state index in [0.717, 1.165) is 32.5 Å². The van der Waals surface area contributed by atoms with Crippen LogP contribution in [0, 0.1) is 0 Å². The van der Waals surface area contributed by atoms with Gasteiger partial charge >= 0.3 is 0 Å². The van der Waals surface area contributed by atoms with E-state index in [4.69, 9.17) is 4.74 Å². The summed E-state index contributed by atoms with van der Waals surface area (Å²) in [4.78, 5) is 0. The van der Waals surface area contributed by atoms with Crippen LogP contribution >= 0.6 is 0 Å². The highest BCUT2D eigenvalue weighted by atomic mass is 127. The molecule has 1 rings (SSSR count). The van der Waals surface area contributed by atoms with Gasteiger partial charge in [0.25, 0.3) is 0 Å². The Morgan fingerprint density at radius 2 is 2.00 bits per heavy atom. The Balaban J connectivity index is 0.000001000. The quantitative estimate of drug-likeness (QED) is 0.537. The zero-order chi connectivity index (χ0) is 7.45. The Hall–Kier alpha value is 0.650. The molecule has 0 aromatic heterocycles. The van der Waals surface area contributed by atoms with Crippen molar-refractivity contribution in [2.24, 2.45) is 0 Å². The third-order valence-electron chi connectivity index (χ3n) is 2.54. The van der Waals surface area contributed by atoms with Crippen LogP contribution in [0.4, 0.5) is 0 Å². The van der Waals surface area contributed by atoms with Gasteiger partial charge in [0, 0.05) is 0 Å². The lowest BCUT2D eigenvalue weighted by Gasteiger charge is -2.33. The lowest BCUT2D eigenvalue weighted by Crippen LogP contribution is -3.00. The van der Waals surface area contributed by atoms with E-state index in [1.807, 2.05) is 0 Å². The fourth-order valence-electron chi connectivity index (χ4n) is 1.53. The molecule has 0 amide bonds. The standard InChI is InChI=1S/C8H17NO.HI/c1-3-8(4-2)7-9-5-6-10-8;/h9H,3-7H2,1-2H3;1H. The van der Waals surface area contributed by atoms with E-state index in [1.165, 1.54) is 0 Å². The molecule has 1 aliphatic rings. The van der Waals surface area contributed by atoms with Crippen LogP contribution in [0.15, 0.2) is 0 Å². The monoisotopic (exact) mass is 271 g/mol. The number of ether oxygens (including phenoxy) is 1. The molecule has 0 atom stereocenters. The molecular formula is C8H18INO. The minimum Gasteiger partial charge on any atom is -1.00 e. The number of rotatable bonds is 2. The van der Waals surface area contributed by atoms with Gasteiger partial charge in [0.2, 0.25) is 0 Å². The van der Waals surface area contributed by atoms with E-state index >= 15 is 0 Å². The number of halogens is 1. The van der Waals surface area contributed by atoms with E-state index in [2.05, 4.69) is 19.2 Å². The highest BCUT2D eigenvalue weighted by Gasteiger charge is 2.31. The molecule has 0 aromatic rings. The van der Waals surface area contributed by atoms with E-state index in [1.54, 1.807) is 0 Å². The molecule has 0 spiro atoms. The van der Waals surface area contributed by atoms with Crippen LogP contribution in [0.25, 0.3) is 0 Å². The van der Waals surface area contributed by atoms with Gasteiger partial charge in [0.15, 0.2) is 0 Å². The largest absolute Gasteiger partial charge is 1.00 e. The van der Waals surface area contributed by atoms with Gasteiger partial charge in [-0.2, -0.15) is 0 Å². The van der Waals surface area contributed by atoms with Gasteiger partial charge in [-0.05, 0) is 12.8 Å². The van der Waals surface area contributed by atoms with Gasteiger partial charge in [-0.1, -0.05) is 13.8 Å². The molecule has 1 aliphatic heterocycles. The topological polar surface area (TPSA) is 25.8 Å². The Kier molecular flexibility index (Phi) is 5.64. The fraction of sp³-hybridized carbons (Fsp3) is 1.00. The second-order valence-electron chi connectivity index (χ2n) is 3.02. The summed E-state index contributed by atoms with van der Waals surface area (Å²) in [6.45, 7) is 7.65. The Labute approximate surface area is 86.1 Å². The van der Waals surface area contributed by atoms with E-state index in [9.17, 15) is 0 Å². The maximum atomic E-state index is 5.73. The molecule has 2 nitrogen and oxygen atoms in total. The maximum absolute atomic E-state index is 5.73. The summed E-state index contributed by atoms with van der Waals surface area (Å²) in [5.74, 6) is 0. The molecule has 0 radical (unpaired) electrons. The first-order valence-electron chi connectivity index (χ1n) is 4.28. The molecule has 3 heteroatoms. The normalized spacial score (nSPS) is 22.4. The van der Waals surface area contributed by atoms with Gasteiger partial charge < -0.3 is 34.0 Å². The molecule has 0 saturated carbocycles. The average Bonchev–Trinajstić information content (AvgIpc) is 2.06. The molecule has 1 saturated heterocycles. The summed E-state index contributed by atoms with van der Waals surface area (Å²) in [6, 6.07) is 0. The van der Waals surface area contributed by atoms with Gasteiger partial charge in [0.05, 0.1) is 13.2 Å². The van der Waals surface area contributed by atoms with E-state index < -0.39 is 0 Å². The molecule has 0 unspecified atom stereocenters. The summed E-state index contributed by atoms with van der Waals surface area (Å²) in [7, 11) is 0. The van der Waals surface area contributed by atoms with Crippen molar-refractivity contribution in [3.63, 3.8) is 0 Å². The van der Waals surface area contributed by atoms with Gasteiger partial charge in [0.1, 0.15) is 12.1 Å². The van der Waals surface area contributed by atoms with Crippen LogP contribution in [0.3, 0.4) is 0 Å².